The Morgan fingerprint density at radius 2 is 2.00 bits per heavy atom. The van der Waals surface area contributed by atoms with Gasteiger partial charge in [-0.05, 0) is 38.8 Å². The Bertz CT molecular complexity index is 526. The predicted octanol–water partition coefficient (Wildman–Crippen LogP) is 2.77. The average molecular weight is 294 g/mol. The van der Waals surface area contributed by atoms with Crippen molar-refractivity contribution in [2.24, 2.45) is 0 Å². The highest BCUT2D eigenvalue weighted by Gasteiger charge is 2.22. The van der Waals surface area contributed by atoms with Gasteiger partial charge in [-0.15, -0.1) is 0 Å². The van der Waals surface area contributed by atoms with E-state index >= 15 is 0 Å². The maximum absolute atomic E-state index is 12.1. The van der Waals surface area contributed by atoms with Crippen LogP contribution in [0.25, 0.3) is 0 Å². The van der Waals surface area contributed by atoms with Gasteiger partial charge in [-0.2, -0.15) is 0 Å². The van der Waals surface area contributed by atoms with Gasteiger partial charge in [0.25, 0.3) is 0 Å². The molecule has 0 radical (unpaired) electrons. The van der Waals surface area contributed by atoms with Crippen molar-refractivity contribution in [3.63, 3.8) is 0 Å². The van der Waals surface area contributed by atoms with Crippen LogP contribution in [0.15, 0.2) is 18.2 Å². The van der Waals surface area contributed by atoms with Gasteiger partial charge in [-0.25, -0.2) is 4.79 Å². The first-order valence-electron chi connectivity index (χ1n) is 6.70. The maximum Gasteiger partial charge on any atom is 0.319 e. The van der Waals surface area contributed by atoms with Gasteiger partial charge in [-0.3, -0.25) is 4.79 Å². The van der Waals surface area contributed by atoms with Crippen LogP contribution in [-0.2, 0) is 4.79 Å². The number of hydrogen-bond donors (Lipinski definition) is 3. The Hall–Kier alpha value is -2.24. The summed E-state index contributed by atoms with van der Waals surface area (Å²) in [4.78, 5) is 22.7. The number of rotatable bonds is 6. The molecule has 0 aromatic heterocycles. The number of benzene rings is 1. The van der Waals surface area contributed by atoms with E-state index in [4.69, 9.17) is 9.84 Å². The summed E-state index contributed by atoms with van der Waals surface area (Å²) in [6.07, 6.45) is 0.349. The van der Waals surface area contributed by atoms with Crippen LogP contribution in [0.3, 0.4) is 0 Å². The van der Waals surface area contributed by atoms with Crippen LogP contribution in [-0.4, -0.2) is 29.8 Å². The first-order valence-corrected chi connectivity index (χ1v) is 6.70. The Morgan fingerprint density at radius 3 is 2.57 bits per heavy atom. The van der Waals surface area contributed by atoms with Crippen LogP contribution in [0.5, 0.6) is 5.75 Å². The molecule has 0 aliphatic heterocycles. The van der Waals surface area contributed by atoms with Crippen molar-refractivity contribution in [2.75, 3.05) is 12.4 Å². The molecule has 6 heteroatoms. The number of methoxy groups -OCH3 is 1. The molecule has 0 spiro atoms. The number of aryl methyl sites for hydroxylation is 1. The van der Waals surface area contributed by atoms with Gasteiger partial charge in [0.1, 0.15) is 5.75 Å². The fourth-order valence-corrected chi connectivity index (χ4v) is 1.91. The summed E-state index contributed by atoms with van der Waals surface area (Å²) < 4.78 is 5.22. The molecule has 1 aromatic rings. The quantitative estimate of drug-likeness (QED) is 0.752. The number of carbonyl (C=O) groups is 2. The summed E-state index contributed by atoms with van der Waals surface area (Å²) in [5.41, 5.74) is 0.873. The van der Waals surface area contributed by atoms with Crippen LogP contribution in [0.2, 0.25) is 0 Å². The molecule has 2 amide bonds. The van der Waals surface area contributed by atoms with E-state index in [0.717, 1.165) is 5.56 Å². The Kier molecular flexibility index (Phi) is 5.58. The average Bonchev–Trinajstić information content (AvgIpc) is 2.38. The minimum atomic E-state index is -0.883. The van der Waals surface area contributed by atoms with Gasteiger partial charge < -0.3 is 20.5 Å². The number of carboxylic acids is 1. The molecule has 21 heavy (non-hydrogen) atoms. The van der Waals surface area contributed by atoms with Crippen molar-refractivity contribution in [3.8, 4) is 5.75 Å². The predicted molar refractivity (Wildman–Crippen MR) is 80.8 cm³/mol. The van der Waals surface area contributed by atoms with E-state index in [0.29, 0.717) is 17.9 Å². The third-order valence-corrected chi connectivity index (χ3v) is 3.11. The second-order valence-electron chi connectivity index (χ2n) is 5.51. The molecule has 116 valence electrons. The molecule has 0 unspecified atom stereocenters. The Labute approximate surface area is 124 Å². The fraction of sp³-hybridized carbons (Fsp3) is 0.467. The van der Waals surface area contributed by atoms with Crippen molar-refractivity contribution >= 4 is 17.7 Å². The summed E-state index contributed by atoms with van der Waals surface area (Å²) in [6, 6.07) is 5.08. The van der Waals surface area contributed by atoms with Gasteiger partial charge in [-0.1, -0.05) is 12.1 Å². The zero-order valence-corrected chi connectivity index (χ0v) is 12.8. The van der Waals surface area contributed by atoms with E-state index in [9.17, 15) is 9.59 Å². The molecule has 0 saturated heterocycles. The summed E-state index contributed by atoms with van der Waals surface area (Å²) in [5, 5.41) is 14.2. The smallest absolute Gasteiger partial charge is 0.319 e. The summed E-state index contributed by atoms with van der Waals surface area (Å²) >= 11 is 0. The molecule has 0 fully saturated rings. The lowest BCUT2D eigenvalue weighted by atomic mass is 9.99. The SMILES string of the molecule is COc1cccc(C)c1NC(=O)NC(C)(C)CCC(=O)O. The number of carbonyl (C=O) groups excluding carboxylic acids is 1. The van der Waals surface area contributed by atoms with Crippen molar-refractivity contribution in [1.82, 2.24) is 5.32 Å². The lowest BCUT2D eigenvalue weighted by Gasteiger charge is -2.26. The summed E-state index contributed by atoms with van der Waals surface area (Å²) in [6.45, 7) is 5.43. The number of para-hydroxylation sites is 1. The third kappa shape index (κ3) is 5.33. The third-order valence-electron chi connectivity index (χ3n) is 3.11. The molecule has 0 aliphatic carbocycles. The Balaban J connectivity index is 2.72. The molecular weight excluding hydrogens is 272 g/mol. The van der Waals surface area contributed by atoms with E-state index in [1.54, 1.807) is 19.9 Å². The van der Waals surface area contributed by atoms with Gasteiger partial charge in [0, 0.05) is 12.0 Å². The lowest BCUT2D eigenvalue weighted by molar-refractivity contribution is -0.137. The monoisotopic (exact) mass is 294 g/mol. The van der Waals surface area contributed by atoms with E-state index in [-0.39, 0.29) is 6.42 Å². The van der Waals surface area contributed by atoms with Crippen LogP contribution in [0, 0.1) is 6.92 Å². The second-order valence-corrected chi connectivity index (χ2v) is 5.51. The van der Waals surface area contributed by atoms with E-state index in [1.807, 2.05) is 19.1 Å². The van der Waals surface area contributed by atoms with Crippen LogP contribution in [0.4, 0.5) is 10.5 Å². The number of carboxylic acid groups (broad SMARTS) is 1. The topological polar surface area (TPSA) is 87.7 Å². The van der Waals surface area contributed by atoms with Crippen LogP contribution in [0.1, 0.15) is 32.3 Å². The van der Waals surface area contributed by atoms with Crippen molar-refractivity contribution in [2.45, 2.75) is 39.2 Å². The zero-order valence-electron chi connectivity index (χ0n) is 12.8. The molecular formula is C15H22N2O4. The fourth-order valence-electron chi connectivity index (χ4n) is 1.91. The van der Waals surface area contributed by atoms with Crippen molar-refractivity contribution in [3.05, 3.63) is 23.8 Å². The second kappa shape index (κ2) is 6.97. The van der Waals surface area contributed by atoms with Gasteiger partial charge >= 0.3 is 12.0 Å². The number of urea groups is 1. The molecule has 0 heterocycles. The molecule has 1 rings (SSSR count). The molecule has 0 aliphatic rings. The highest BCUT2D eigenvalue weighted by molar-refractivity contribution is 5.92. The standard InChI is InChI=1S/C15H22N2O4/c1-10-6-5-7-11(21-4)13(10)16-14(20)17-15(2,3)9-8-12(18)19/h5-7H,8-9H2,1-4H3,(H,18,19)(H2,16,17,20). The number of amides is 2. The van der Waals surface area contributed by atoms with Gasteiger partial charge in [0.15, 0.2) is 0 Å². The van der Waals surface area contributed by atoms with E-state index in [2.05, 4.69) is 10.6 Å². The molecule has 1 aromatic carbocycles. The van der Waals surface area contributed by atoms with Gasteiger partial charge in [0.2, 0.25) is 0 Å². The highest BCUT2D eigenvalue weighted by atomic mass is 16.5. The van der Waals surface area contributed by atoms with Crippen LogP contribution >= 0.6 is 0 Å². The maximum atomic E-state index is 12.1. The molecule has 0 atom stereocenters. The molecule has 3 N–H and O–H groups in total. The number of hydrogen-bond acceptors (Lipinski definition) is 3. The number of anilines is 1. The number of ether oxygens (including phenoxy) is 1. The lowest BCUT2D eigenvalue weighted by Crippen LogP contribution is -2.45. The molecule has 0 saturated carbocycles. The number of nitrogens with one attached hydrogen (secondary N) is 2. The first-order chi connectivity index (χ1) is 9.75. The Morgan fingerprint density at radius 1 is 1.33 bits per heavy atom. The zero-order chi connectivity index (χ0) is 16.0. The minimum Gasteiger partial charge on any atom is -0.495 e. The van der Waals surface area contributed by atoms with Crippen molar-refractivity contribution in [1.29, 1.82) is 0 Å². The van der Waals surface area contributed by atoms with E-state index in [1.165, 1.54) is 7.11 Å². The van der Waals surface area contributed by atoms with Gasteiger partial charge in [0.05, 0.1) is 12.8 Å². The summed E-state index contributed by atoms with van der Waals surface area (Å²) in [7, 11) is 1.54. The summed E-state index contributed by atoms with van der Waals surface area (Å²) in [5.74, 6) is -0.306. The largest absolute Gasteiger partial charge is 0.495 e. The van der Waals surface area contributed by atoms with Crippen LogP contribution < -0.4 is 15.4 Å². The van der Waals surface area contributed by atoms with Crippen molar-refractivity contribution < 1.29 is 19.4 Å². The first kappa shape index (κ1) is 16.8. The van der Waals surface area contributed by atoms with E-state index < -0.39 is 17.5 Å². The number of aliphatic carboxylic acids is 1. The molecule has 6 nitrogen and oxygen atoms in total. The minimum absolute atomic E-state index is 0.000958. The normalized spacial score (nSPS) is 10.9. The molecule has 0 bridgehead atoms. The highest BCUT2D eigenvalue weighted by Crippen LogP contribution is 2.27.